The van der Waals surface area contributed by atoms with E-state index in [0.717, 1.165) is 4.88 Å². The van der Waals surface area contributed by atoms with Crippen molar-refractivity contribution in [1.82, 2.24) is 5.32 Å². The Morgan fingerprint density at radius 2 is 2.15 bits per heavy atom. The highest BCUT2D eigenvalue weighted by molar-refractivity contribution is 7.10. The lowest BCUT2D eigenvalue weighted by Crippen LogP contribution is -2.53. The van der Waals surface area contributed by atoms with Gasteiger partial charge in [-0.05, 0) is 46.1 Å². The number of hydrogen-bond donors (Lipinski definition) is 2. The zero-order valence-corrected chi connectivity index (χ0v) is 13.2. The molecule has 112 valence electrons. The van der Waals surface area contributed by atoms with Crippen molar-refractivity contribution < 1.29 is 19.4 Å². The van der Waals surface area contributed by atoms with Crippen LogP contribution in [0.15, 0.2) is 11.4 Å². The van der Waals surface area contributed by atoms with E-state index in [2.05, 4.69) is 5.32 Å². The van der Waals surface area contributed by atoms with Crippen molar-refractivity contribution in [2.75, 3.05) is 0 Å². The Bertz CT molecular complexity index is 504. The maximum Gasteiger partial charge on any atom is 0.408 e. The van der Waals surface area contributed by atoms with Crippen LogP contribution in [-0.4, -0.2) is 28.5 Å². The largest absolute Gasteiger partial charge is 0.484 e. The molecule has 1 aliphatic rings. The highest BCUT2D eigenvalue weighted by Gasteiger charge is 2.44. The van der Waals surface area contributed by atoms with Crippen LogP contribution in [-0.2, 0) is 4.74 Å². The van der Waals surface area contributed by atoms with Crippen molar-refractivity contribution in [3.05, 3.63) is 16.3 Å². The molecule has 0 spiro atoms. The first-order valence-electron chi connectivity index (χ1n) is 6.54. The summed E-state index contributed by atoms with van der Waals surface area (Å²) in [4.78, 5) is 12.7. The molecule has 2 heterocycles. The molecule has 0 aromatic carbocycles. The van der Waals surface area contributed by atoms with Crippen LogP contribution in [0.2, 0.25) is 0 Å². The Morgan fingerprint density at radius 1 is 1.50 bits per heavy atom. The Hall–Kier alpha value is -1.27. The molecule has 5 nitrogen and oxygen atoms in total. The first-order chi connectivity index (χ1) is 9.10. The van der Waals surface area contributed by atoms with Crippen LogP contribution < -0.4 is 10.1 Å². The van der Waals surface area contributed by atoms with Gasteiger partial charge in [0.05, 0.1) is 4.88 Å². The van der Waals surface area contributed by atoms with Crippen molar-refractivity contribution in [3.8, 4) is 5.75 Å². The summed E-state index contributed by atoms with van der Waals surface area (Å²) < 4.78 is 11.0. The van der Waals surface area contributed by atoms with Gasteiger partial charge in [-0.25, -0.2) is 4.79 Å². The summed E-state index contributed by atoms with van der Waals surface area (Å²) in [6.07, 6.45) is -1.39. The van der Waals surface area contributed by atoms with Gasteiger partial charge in [-0.1, -0.05) is 0 Å². The standard InChI is InChI=1S/C14H21NO4S/c1-13(2,3)19-12(17)15-9-10-8(6-7-20-10)18-14(4,5)11(9)16/h6-7,9,11,16H,1-5H3,(H,15,17)/t9-,11+/m0/s1. The molecule has 0 unspecified atom stereocenters. The molecule has 20 heavy (non-hydrogen) atoms. The van der Waals surface area contributed by atoms with Gasteiger partial charge in [-0.2, -0.15) is 0 Å². The van der Waals surface area contributed by atoms with Crippen LogP contribution in [0.25, 0.3) is 0 Å². The fourth-order valence-electron chi connectivity index (χ4n) is 2.09. The maximum atomic E-state index is 11.9. The van der Waals surface area contributed by atoms with Crippen molar-refractivity contribution in [1.29, 1.82) is 0 Å². The highest BCUT2D eigenvalue weighted by Crippen LogP contribution is 2.42. The normalized spacial score (nSPS) is 24.5. The van der Waals surface area contributed by atoms with Crippen LogP contribution >= 0.6 is 11.3 Å². The van der Waals surface area contributed by atoms with E-state index in [-0.39, 0.29) is 0 Å². The summed E-state index contributed by atoms with van der Waals surface area (Å²) in [5.74, 6) is 0.700. The fourth-order valence-corrected chi connectivity index (χ4v) is 2.99. The van der Waals surface area contributed by atoms with E-state index in [1.54, 1.807) is 34.6 Å². The molecule has 2 N–H and O–H groups in total. The molecular formula is C14H21NO4S. The van der Waals surface area contributed by atoms with Gasteiger partial charge >= 0.3 is 6.09 Å². The van der Waals surface area contributed by atoms with Crippen molar-refractivity contribution in [2.45, 2.75) is 58.0 Å². The van der Waals surface area contributed by atoms with Gasteiger partial charge in [0.15, 0.2) is 0 Å². The van der Waals surface area contributed by atoms with Crippen LogP contribution in [0, 0.1) is 0 Å². The van der Waals surface area contributed by atoms with Crippen LogP contribution in [0.1, 0.15) is 45.5 Å². The van der Waals surface area contributed by atoms with Gasteiger partial charge in [-0.15, -0.1) is 11.3 Å². The number of aliphatic hydroxyl groups is 1. The van der Waals surface area contributed by atoms with Crippen molar-refractivity contribution in [3.63, 3.8) is 0 Å². The SMILES string of the molecule is CC(C)(C)OC(=O)N[C@H]1c2sccc2OC(C)(C)[C@@H]1O. The number of nitrogens with one attached hydrogen (secondary N) is 1. The Balaban J connectivity index is 2.20. The van der Waals surface area contributed by atoms with E-state index >= 15 is 0 Å². The molecule has 1 aromatic heterocycles. The van der Waals surface area contributed by atoms with Gasteiger partial charge < -0.3 is 19.9 Å². The average Bonchev–Trinajstić information content (AvgIpc) is 2.68. The van der Waals surface area contributed by atoms with Crippen molar-refractivity contribution in [2.24, 2.45) is 0 Å². The van der Waals surface area contributed by atoms with E-state index in [1.165, 1.54) is 11.3 Å². The molecule has 1 aliphatic heterocycles. The van der Waals surface area contributed by atoms with E-state index in [4.69, 9.17) is 9.47 Å². The third kappa shape index (κ3) is 3.07. The number of carbonyl (C=O) groups excluding carboxylic acids is 1. The van der Waals surface area contributed by atoms with Gasteiger partial charge in [0, 0.05) is 0 Å². The topological polar surface area (TPSA) is 67.8 Å². The predicted molar refractivity (Wildman–Crippen MR) is 77.1 cm³/mol. The number of thiophene rings is 1. The lowest BCUT2D eigenvalue weighted by atomic mass is 9.91. The Labute approximate surface area is 122 Å². The molecule has 0 radical (unpaired) electrons. The number of ether oxygens (including phenoxy) is 2. The lowest BCUT2D eigenvalue weighted by molar-refractivity contribution is -0.0637. The third-order valence-corrected chi connectivity index (χ3v) is 3.99. The monoisotopic (exact) mass is 299 g/mol. The summed E-state index contributed by atoms with van der Waals surface area (Å²) in [7, 11) is 0. The molecule has 0 fully saturated rings. The summed E-state index contributed by atoms with van der Waals surface area (Å²) in [6.45, 7) is 8.98. The summed E-state index contributed by atoms with van der Waals surface area (Å²) in [5.41, 5.74) is -1.35. The minimum absolute atomic E-state index is 0.524. The molecule has 6 heteroatoms. The van der Waals surface area contributed by atoms with Crippen LogP contribution in [0.4, 0.5) is 4.79 Å². The van der Waals surface area contributed by atoms with Gasteiger partial charge in [-0.3, -0.25) is 0 Å². The average molecular weight is 299 g/mol. The van der Waals surface area contributed by atoms with E-state index < -0.39 is 29.4 Å². The van der Waals surface area contributed by atoms with Crippen LogP contribution in [0.3, 0.4) is 0 Å². The zero-order chi connectivity index (χ0) is 15.1. The fraction of sp³-hybridized carbons (Fsp3) is 0.643. The predicted octanol–water partition coefficient (Wildman–Crippen LogP) is 2.85. The van der Waals surface area contributed by atoms with Gasteiger partial charge in [0.25, 0.3) is 0 Å². The second-order valence-corrected chi connectivity index (χ2v) is 7.37. The molecule has 1 aromatic rings. The number of hydrogen-bond acceptors (Lipinski definition) is 5. The molecule has 2 rings (SSSR count). The van der Waals surface area contributed by atoms with E-state index in [1.807, 2.05) is 11.4 Å². The number of rotatable bonds is 1. The minimum atomic E-state index is -0.846. The summed E-state index contributed by atoms with van der Waals surface area (Å²) in [6, 6.07) is 1.32. The van der Waals surface area contributed by atoms with Crippen molar-refractivity contribution >= 4 is 17.4 Å². The number of carbonyl (C=O) groups is 1. The third-order valence-electron chi connectivity index (χ3n) is 3.01. The molecule has 0 bridgehead atoms. The first kappa shape index (κ1) is 15.1. The first-order valence-corrected chi connectivity index (χ1v) is 7.42. The quantitative estimate of drug-likeness (QED) is 0.836. The number of amides is 1. The summed E-state index contributed by atoms with van der Waals surface area (Å²) >= 11 is 1.44. The number of aliphatic hydroxyl groups excluding tert-OH is 1. The number of alkyl carbamates (subject to hydrolysis) is 1. The Kier molecular flexibility index (Phi) is 3.73. The molecule has 2 atom stereocenters. The van der Waals surface area contributed by atoms with E-state index in [0.29, 0.717) is 5.75 Å². The zero-order valence-electron chi connectivity index (χ0n) is 12.4. The van der Waals surface area contributed by atoms with Crippen LogP contribution in [0.5, 0.6) is 5.75 Å². The second kappa shape index (κ2) is 4.93. The van der Waals surface area contributed by atoms with Gasteiger partial charge in [0.2, 0.25) is 0 Å². The molecule has 0 aliphatic carbocycles. The molecule has 0 saturated carbocycles. The molecule has 0 saturated heterocycles. The lowest BCUT2D eigenvalue weighted by Gasteiger charge is -2.40. The smallest absolute Gasteiger partial charge is 0.408 e. The Morgan fingerprint density at radius 3 is 2.75 bits per heavy atom. The minimum Gasteiger partial charge on any atom is -0.484 e. The van der Waals surface area contributed by atoms with E-state index in [9.17, 15) is 9.90 Å². The molecular weight excluding hydrogens is 278 g/mol. The van der Waals surface area contributed by atoms with Gasteiger partial charge in [0.1, 0.15) is 29.1 Å². The summed E-state index contributed by atoms with van der Waals surface area (Å²) in [5, 5.41) is 15.0. The number of fused-ring (bicyclic) bond motifs is 1. The molecule has 1 amide bonds. The highest BCUT2D eigenvalue weighted by atomic mass is 32.1. The maximum absolute atomic E-state index is 11.9. The second-order valence-electron chi connectivity index (χ2n) is 6.42.